The Kier molecular flexibility index (Phi) is 19.9. The van der Waals surface area contributed by atoms with Crippen molar-refractivity contribution in [1.29, 1.82) is 0 Å². The molecule has 5 nitrogen and oxygen atoms in total. The first-order valence-electron chi connectivity index (χ1n) is 15.9. The lowest BCUT2D eigenvalue weighted by molar-refractivity contribution is -0.203. The standard InChI is InChI=1S/C33H58O5/c1-5-9-12-15-18-21-24-27-28(25-22-19-16-13-10-6-2)30(33(35)36)31(34)32(38-37-8-4)29(27)26-23-20-17-14-11-7-3/h34H,5-26H2,1-4H3,(H,35,36). The normalized spacial score (nSPS) is 11.3. The molecule has 0 heterocycles. The zero-order valence-corrected chi connectivity index (χ0v) is 25.2. The molecule has 0 spiro atoms. The van der Waals surface area contributed by atoms with Crippen LogP contribution in [0.3, 0.4) is 0 Å². The van der Waals surface area contributed by atoms with Crippen LogP contribution >= 0.6 is 0 Å². The minimum absolute atomic E-state index is 0.0148. The molecule has 1 rings (SSSR count). The Morgan fingerprint density at radius 3 is 1.39 bits per heavy atom. The van der Waals surface area contributed by atoms with Crippen LogP contribution in [-0.2, 0) is 24.2 Å². The topological polar surface area (TPSA) is 76.0 Å². The maximum atomic E-state index is 12.5. The number of carboxylic acids is 1. The van der Waals surface area contributed by atoms with Crippen molar-refractivity contribution in [2.24, 2.45) is 0 Å². The lowest BCUT2D eigenvalue weighted by Crippen LogP contribution is -2.13. The quantitative estimate of drug-likeness (QED) is 0.0741. The van der Waals surface area contributed by atoms with Crippen molar-refractivity contribution in [2.45, 2.75) is 163 Å². The minimum atomic E-state index is -1.08. The van der Waals surface area contributed by atoms with Crippen LogP contribution in [0.4, 0.5) is 0 Å². The Balaban J connectivity index is 3.31. The van der Waals surface area contributed by atoms with E-state index in [4.69, 9.17) is 9.78 Å². The van der Waals surface area contributed by atoms with Gasteiger partial charge in [0.25, 0.3) is 0 Å². The largest absolute Gasteiger partial charge is 0.504 e. The van der Waals surface area contributed by atoms with E-state index >= 15 is 0 Å². The third-order valence-corrected chi connectivity index (χ3v) is 7.57. The SMILES string of the molecule is CCCCCCCCc1c(CCCCCCCC)c(OOCC)c(O)c(C(=O)O)c1CCCCCCCC. The van der Waals surface area contributed by atoms with Gasteiger partial charge in [0.1, 0.15) is 5.56 Å². The van der Waals surface area contributed by atoms with Gasteiger partial charge < -0.3 is 15.1 Å². The van der Waals surface area contributed by atoms with Crippen LogP contribution in [0.15, 0.2) is 0 Å². The molecule has 0 atom stereocenters. The summed E-state index contributed by atoms with van der Waals surface area (Å²) in [7, 11) is 0. The van der Waals surface area contributed by atoms with E-state index < -0.39 is 5.97 Å². The molecule has 0 amide bonds. The molecule has 5 heteroatoms. The molecule has 0 bridgehead atoms. The van der Waals surface area contributed by atoms with E-state index in [9.17, 15) is 15.0 Å². The molecule has 0 fully saturated rings. The molecular weight excluding hydrogens is 476 g/mol. The van der Waals surface area contributed by atoms with Gasteiger partial charge in [-0.3, -0.25) is 0 Å². The Hall–Kier alpha value is -1.75. The highest BCUT2D eigenvalue weighted by Gasteiger charge is 2.28. The summed E-state index contributed by atoms with van der Waals surface area (Å²) in [4.78, 5) is 23.4. The van der Waals surface area contributed by atoms with Crippen LogP contribution in [0.1, 0.15) is 170 Å². The van der Waals surface area contributed by atoms with Crippen LogP contribution < -0.4 is 4.89 Å². The predicted octanol–water partition coefficient (Wildman–Crippen LogP) is 10.1. The van der Waals surface area contributed by atoms with Gasteiger partial charge in [-0.1, -0.05) is 117 Å². The number of benzene rings is 1. The first kappa shape index (κ1) is 34.3. The molecule has 0 saturated carbocycles. The molecule has 0 aromatic heterocycles. The third kappa shape index (κ3) is 12.9. The van der Waals surface area contributed by atoms with Gasteiger partial charge in [0.05, 0.1) is 6.61 Å². The molecular formula is C33H58O5. The second-order valence-electron chi connectivity index (χ2n) is 10.8. The molecule has 0 radical (unpaired) electrons. The number of aromatic hydroxyl groups is 1. The van der Waals surface area contributed by atoms with Crippen LogP contribution in [0.5, 0.6) is 11.5 Å². The summed E-state index contributed by atoms with van der Waals surface area (Å²) in [5.74, 6) is -1.12. The van der Waals surface area contributed by atoms with E-state index in [2.05, 4.69) is 20.8 Å². The Morgan fingerprint density at radius 2 is 0.974 bits per heavy atom. The lowest BCUT2D eigenvalue weighted by atomic mass is 9.85. The van der Waals surface area contributed by atoms with Crippen LogP contribution in [0, 0.1) is 0 Å². The van der Waals surface area contributed by atoms with Crippen LogP contribution in [0.2, 0.25) is 0 Å². The van der Waals surface area contributed by atoms with Crippen molar-refractivity contribution >= 4 is 5.97 Å². The number of carboxylic acid groups (broad SMARTS) is 1. The first-order chi connectivity index (χ1) is 18.5. The fraction of sp³-hybridized carbons (Fsp3) is 0.788. The average Bonchev–Trinajstić information content (AvgIpc) is 2.90. The molecule has 220 valence electrons. The highest BCUT2D eigenvalue weighted by molar-refractivity contribution is 5.94. The van der Waals surface area contributed by atoms with Gasteiger partial charge in [0.15, 0.2) is 5.75 Å². The summed E-state index contributed by atoms with van der Waals surface area (Å²) < 4.78 is 0. The van der Waals surface area contributed by atoms with E-state index in [0.717, 1.165) is 68.1 Å². The van der Waals surface area contributed by atoms with E-state index in [-0.39, 0.29) is 17.1 Å². The van der Waals surface area contributed by atoms with Gasteiger partial charge in [0.2, 0.25) is 5.75 Å². The smallest absolute Gasteiger partial charge is 0.339 e. The molecule has 38 heavy (non-hydrogen) atoms. The predicted molar refractivity (Wildman–Crippen MR) is 159 cm³/mol. The van der Waals surface area contributed by atoms with Gasteiger partial charge in [-0.2, -0.15) is 4.89 Å². The van der Waals surface area contributed by atoms with Crippen molar-refractivity contribution in [2.75, 3.05) is 6.61 Å². The second-order valence-corrected chi connectivity index (χ2v) is 10.8. The van der Waals surface area contributed by atoms with Crippen LogP contribution in [-0.4, -0.2) is 22.8 Å². The van der Waals surface area contributed by atoms with Crippen molar-refractivity contribution in [3.05, 3.63) is 22.3 Å². The van der Waals surface area contributed by atoms with Crippen molar-refractivity contribution < 1.29 is 24.8 Å². The summed E-state index contributed by atoms with van der Waals surface area (Å²) in [5, 5.41) is 21.4. The van der Waals surface area contributed by atoms with E-state index in [1.165, 1.54) is 77.0 Å². The first-order valence-corrected chi connectivity index (χ1v) is 15.9. The summed E-state index contributed by atoms with van der Waals surface area (Å²) in [5.41, 5.74) is 2.89. The van der Waals surface area contributed by atoms with E-state index in [0.29, 0.717) is 13.0 Å². The van der Waals surface area contributed by atoms with Gasteiger partial charge in [-0.25, -0.2) is 4.79 Å². The molecule has 1 aromatic rings. The highest BCUT2D eigenvalue weighted by Crippen LogP contribution is 2.42. The fourth-order valence-corrected chi connectivity index (χ4v) is 5.40. The van der Waals surface area contributed by atoms with Crippen molar-refractivity contribution in [1.82, 2.24) is 0 Å². The Bertz CT molecular complexity index is 758. The number of carbonyl (C=O) groups is 1. The zero-order valence-electron chi connectivity index (χ0n) is 25.2. The summed E-state index contributed by atoms with van der Waals surface area (Å²) in [6.07, 6.45) is 23.3. The number of aromatic carboxylic acids is 1. The maximum absolute atomic E-state index is 12.5. The second kappa shape index (κ2) is 22.1. The third-order valence-electron chi connectivity index (χ3n) is 7.57. The number of hydrogen-bond acceptors (Lipinski definition) is 4. The molecule has 0 aliphatic rings. The maximum Gasteiger partial charge on any atom is 0.339 e. The van der Waals surface area contributed by atoms with E-state index in [1.54, 1.807) is 0 Å². The summed E-state index contributed by atoms with van der Waals surface area (Å²) in [6.45, 7) is 8.82. The van der Waals surface area contributed by atoms with Gasteiger partial charge >= 0.3 is 5.97 Å². The number of unbranched alkanes of at least 4 members (excludes halogenated alkanes) is 15. The fourth-order valence-electron chi connectivity index (χ4n) is 5.40. The molecule has 0 unspecified atom stereocenters. The summed E-state index contributed by atoms with van der Waals surface area (Å²) >= 11 is 0. The van der Waals surface area contributed by atoms with Crippen LogP contribution in [0.25, 0.3) is 0 Å². The van der Waals surface area contributed by atoms with E-state index in [1.807, 2.05) is 6.92 Å². The van der Waals surface area contributed by atoms with Crippen molar-refractivity contribution in [3.8, 4) is 11.5 Å². The molecule has 1 aromatic carbocycles. The Morgan fingerprint density at radius 1 is 0.579 bits per heavy atom. The van der Waals surface area contributed by atoms with Crippen molar-refractivity contribution in [3.63, 3.8) is 0 Å². The zero-order chi connectivity index (χ0) is 28.0. The summed E-state index contributed by atoms with van der Waals surface area (Å²) in [6, 6.07) is 0. The number of hydrogen-bond donors (Lipinski definition) is 2. The molecule has 0 aliphatic heterocycles. The number of phenols is 1. The lowest BCUT2D eigenvalue weighted by Gasteiger charge is -2.22. The molecule has 0 aliphatic carbocycles. The van der Waals surface area contributed by atoms with Gasteiger partial charge in [-0.15, -0.1) is 0 Å². The van der Waals surface area contributed by atoms with Gasteiger partial charge in [0, 0.05) is 5.56 Å². The average molecular weight is 535 g/mol. The molecule has 0 saturated heterocycles. The monoisotopic (exact) mass is 534 g/mol. The number of rotatable bonds is 25. The molecule has 2 N–H and O–H groups in total. The minimum Gasteiger partial charge on any atom is -0.504 e. The Labute approximate surface area is 233 Å². The van der Waals surface area contributed by atoms with Gasteiger partial charge in [-0.05, 0) is 56.6 Å². The highest BCUT2D eigenvalue weighted by atomic mass is 17.2.